The average molecular weight is 166 g/mol. The average Bonchev–Trinajstić information content (AvgIpc) is 2.10. The molecule has 0 aliphatic heterocycles. The van der Waals surface area contributed by atoms with E-state index in [1.165, 1.54) is 25.7 Å². The topological polar surface area (TPSA) is 0 Å². The highest BCUT2D eigenvalue weighted by atomic mass is 14.0. The minimum Gasteiger partial charge on any atom is -0.103 e. The first-order valence-electron chi connectivity index (χ1n) is 5.11. The van der Waals surface area contributed by atoms with Crippen LogP contribution in [0.1, 0.15) is 46.0 Å². The lowest BCUT2D eigenvalue weighted by Gasteiger charge is -2.08. The van der Waals surface area contributed by atoms with E-state index in [1.54, 1.807) is 0 Å². The summed E-state index contributed by atoms with van der Waals surface area (Å²) in [6.45, 7) is 8.23. The van der Waals surface area contributed by atoms with Crippen molar-refractivity contribution < 1.29 is 0 Å². The summed E-state index contributed by atoms with van der Waals surface area (Å²) in [5.41, 5.74) is 0. The van der Waals surface area contributed by atoms with Crippen LogP contribution >= 0.6 is 0 Å². The summed E-state index contributed by atoms with van der Waals surface area (Å²) < 4.78 is 0. The lowest BCUT2D eigenvalue weighted by atomic mass is 9.98. The zero-order valence-electron chi connectivity index (χ0n) is 8.55. The Kier molecular flexibility index (Phi) is 8.20. The molecule has 0 radical (unpaired) electrons. The molecule has 0 aliphatic carbocycles. The van der Waals surface area contributed by atoms with E-state index in [0.29, 0.717) is 0 Å². The number of hydrogen-bond acceptors (Lipinski definition) is 0. The summed E-state index contributed by atoms with van der Waals surface area (Å²) in [5, 5.41) is 0. The third-order valence-electron chi connectivity index (χ3n) is 2.17. The Bertz CT molecular complexity index is 122. The van der Waals surface area contributed by atoms with Gasteiger partial charge in [0.15, 0.2) is 0 Å². The van der Waals surface area contributed by atoms with Crippen LogP contribution < -0.4 is 0 Å². The third kappa shape index (κ3) is 6.21. The molecule has 0 bridgehead atoms. The minimum atomic E-state index is 0.815. The molecule has 0 heterocycles. The minimum absolute atomic E-state index is 0.815. The van der Waals surface area contributed by atoms with Gasteiger partial charge in [0.1, 0.15) is 0 Å². The van der Waals surface area contributed by atoms with Gasteiger partial charge in [-0.1, -0.05) is 44.9 Å². The Morgan fingerprint density at radius 3 is 2.42 bits per heavy atom. The van der Waals surface area contributed by atoms with Gasteiger partial charge >= 0.3 is 0 Å². The van der Waals surface area contributed by atoms with E-state index in [9.17, 15) is 0 Å². The standard InChI is InChI=1S/C12H22/c1-4-7-8-9-11-12(6-3)10-5-2/h5,8-9,12H,2,4,6-7,10-11H2,1,3H3. The highest BCUT2D eigenvalue weighted by Crippen LogP contribution is 2.14. The fraction of sp³-hybridized carbons (Fsp3) is 0.667. The molecule has 12 heavy (non-hydrogen) atoms. The molecule has 1 atom stereocenters. The molecule has 0 aromatic carbocycles. The van der Waals surface area contributed by atoms with E-state index in [1.807, 2.05) is 6.08 Å². The van der Waals surface area contributed by atoms with E-state index in [4.69, 9.17) is 0 Å². The molecule has 0 aromatic heterocycles. The molecule has 0 aliphatic rings. The van der Waals surface area contributed by atoms with Gasteiger partial charge < -0.3 is 0 Å². The van der Waals surface area contributed by atoms with Crippen molar-refractivity contribution in [1.29, 1.82) is 0 Å². The Morgan fingerprint density at radius 2 is 1.92 bits per heavy atom. The van der Waals surface area contributed by atoms with Crippen molar-refractivity contribution in [3.63, 3.8) is 0 Å². The Morgan fingerprint density at radius 1 is 1.17 bits per heavy atom. The molecule has 0 heteroatoms. The quantitative estimate of drug-likeness (QED) is 0.494. The van der Waals surface area contributed by atoms with E-state index in [0.717, 1.165) is 12.3 Å². The van der Waals surface area contributed by atoms with Gasteiger partial charge in [-0.2, -0.15) is 0 Å². The van der Waals surface area contributed by atoms with Crippen molar-refractivity contribution in [2.45, 2.75) is 46.0 Å². The first-order chi connectivity index (χ1) is 5.85. The zero-order valence-corrected chi connectivity index (χ0v) is 8.55. The summed E-state index contributed by atoms with van der Waals surface area (Å²) in [4.78, 5) is 0. The van der Waals surface area contributed by atoms with Crippen molar-refractivity contribution in [3.05, 3.63) is 24.8 Å². The van der Waals surface area contributed by atoms with Crippen molar-refractivity contribution >= 4 is 0 Å². The van der Waals surface area contributed by atoms with Crippen LogP contribution in [0.3, 0.4) is 0 Å². The molecule has 0 fully saturated rings. The van der Waals surface area contributed by atoms with Crippen LogP contribution in [0.2, 0.25) is 0 Å². The maximum absolute atomic E-state index is 3.77. The SMILES string of the molecule is C=CCC(CC)CC=CCCC. The largest absolute Gasteiger partial charge is 0.103 e. The van der Waals surface area contributed by atoms with E-state index in [-0.39, 0.29) is 0 Å². The van der Waals surface area contributed by atoms with Crippen LogP contribution in [0.25, 0.3) is 0 Å². The van der Waals surface area contributed by atoms with E-state index < -0.39 is 0 Å². The van der Waals surface area contributed by atoms with Crippen molar-refractivity contribution in [1.82, 2.24) is 0 Å². The Labute approximate surface area is 77.4 Å². The van der Waals surface area contributed by atoms with Crippen LogP contribution in [-0.4, -0.2) is 0 Å². The van der Waals surface area contributed by atoms with Crippen LogP contribution in [0, 0.1) is 5.92 Å². The third-order valence-corrected chi connectivity index (χ3v) is 2.17. The first-order valence-corrected chi connectivity index (χ1v) is 5.11. The van der Waals surface area contributed by atoms with Gasteiger partial charge in [0, 0.05) is 0 Å². The molecule has 0 saturated carbocycles. The van der Waals surface area contributed by atoms with Crippen molar-refractivity contribution in [2.75, 3.05) is 0 Å². The van der Waals surface area contributed by atoms with Crippen LogP contribution in [0.15, 0.2) is 24.8 Å². The molecule has 0 spiro atoms. The van der Waals surface area contributed by atoms with Gasteiger partial charge in [-0.3, -0.25) is 0 Å². The lowest BCUT2D eigenvalue weighted by Crippen LogP contribution is -1.94. The number of unbranched alkanes of at least 4 members (excludes halogenated alkanes) is 1. The number of hydrogen-bond donors (Lipinski definition) is 0. The van der Waals surface area contributed by atoms with Crippen LogP contribution in [0.5, 0.6) is 0 Å². The molecule has 70 valence electrons. The Hall–Kier alpha value is -0.520. The van der Waals surface area contributed by atoms with Crippen molar-refractivity contribution in [3.8, 4) is 0 Å². The molecule has 1 unspecified atom stereocenters. The van der Waals surface area contributed by atoms with Gasteiger partial charge in [-0.25, -0.2) is 0 Å². The maximum Gasteiger partial charge on any atom is -0.0319 e. The molecule has 0 N–H and O–H groups in total. The summed E-state index contributed by atoms with van der Waals surface area (Å²) in [5.74, 6) is 0.815. The zero-order chi connectivity index (χ0) is 9.23. The van der Waals surface area contributed by atoms with Gasteiger partial charge in [0.05, 0.1) is 0 Å². The molecule has 0 amide bonds. The summed E-state index contributed by atoms with van der Waals surface area (Å²) in [6.07, 6.45) is 12.8. The van der Waals surface area contributed by atoms with Gasteiger partial charge in [-0.05, 0) is 25.2 Å². The van der Waals surface area contributed by atoms with E-state index in [2.05, 4.69) is 32.6 Å². The second-order valence-electron chi connectivity index (χ2n) is 3.29. The predicted octanol–water partition coefficient (Wildman–Crippen LogP) is 4.34. The number of allylic oxidation sites excluding steroid dienone is 3. The summed E-state index contributed by atoms with van der Waals surface area (Å²) in [6, 6.07) is 0. The predicted molar refractivity (Wildman–Crippen MR) is 57.3 cm³/mol. The van der Waals surface area contributed by atoms with Crippen LogP contribution in [-0.2, 0) is 0 Å². The van der Waals surface area contributed by atoms with Crippen LogP contribution in [0.4, 0.5) is 0 Å². The second-order valence-corrected chi connectivity index (χ2v) is 3.29. The van der Waals surface area contributed by atoms with Crippen molar-refractivity contribution in [2.24, 2.45) is 5.92 Å². The fourth-order valence-electron chi connectivity index (χ4n) is 1.24. The smallest absolute Gasteiger partial charge is 0.0319 e. The monoisotopic (exact) mass is 166 g/mol. The van der Waals surface area contributed by atoms with Gasteiger partial charge in [-0.15, -0.1) is 6.58 Å². The molecule has 0 aromatic rings. The first kappa shape index (κ1) is 11.5. The Balaban J connectivity index is 3.49. The molecule has 0 saturated heterocycles. The molecule has 0 rings (SSSR count). The van der Waals surface area contributed by atoms with Gasteiger partial charge in [0.25, 0.3) is 0 Å². The highest BCUT2D eigenvalue weighted by Gasteiger charge is 1.99. The van der Waals surface area contributed by atoms with E-state index >= 15 is 0 Å². The maximum atomic E-state index is 3.77. The molecular weight excluding hydrogens is 144 g/mol. The molecule has 0 nitrogen and oxygen atoms in total. The summed E-state index contributed by atoms with van der Waals surface area (Å²) in [7, 11) is 0. The fourth-order valence-corrected chi connectivity index (χ4v) is 1.24. The normalized spacial score (nSPS) is 13.5. The highest BCUT2D eigenvalue weighted by molar-refractivity contribution is 4.85. The number of rotatable bonds is 7. The summed E-state index contributed by atoms with van der Waals surface area (Å²) >= 11 is 0. The molecular formula is C12H22. The second kappa shape index (κ2) is 8.58. The van der Waals surface area contributed by atoms with Gasteiger partial charge in [0.2, 0.25) is 0 Å². The lowest BCUT2D eigenvalue weighted by molar-refractivity contribution is 0.524.